The molecule has 0 N–H and O–H groups in total. The van der Waals surface area contributed by atoms with E-state index < -0.39 is 42.7 Å². The van der Waals surface area contributed by atoms with Gasteiger partial charge in [-0.1, -0.05) is 37.3 Å². The zero-order chi connectivity index (χ0) is 19.5. The first-order valence-corrected chi connectivity index (χ1v) is 7.01. The molecule has 25 heavy (non-hydrogen) atoms. The maximum Gasteiger partial charge on any atom is 0.381 e. The summed E-state index contributed by atoms with van der Waals surface area (Å²) in [4.78, 5) is 11.8. The Morgan fingerprint density at radius 2 is 1.56 bits per heavy atom. The van der Waals surface area contributed by atoms with Crippen molar-refractivity contribution in [3.05, 3.63) is 35.9 Å². The molecule has 0 bridgehead atoms. The van der Waals surface area contributed by atoms with Gasteiger partial charge in [0.05, 0.1) is 5.92 Å². The standard InChI is InChI=1S/C15H14F8O2/c1-2-10(9-6-4-3-5-7-9)11(24)25-8-13(18,19)15(22,23)14(20,21)12(16)17/h3-7,10,12H,2,8H2,1H3. The van der Waals surface area contributed by atoms with Crippen LogP contribution in [0.15, 0.2) is 30.3 Å². The Kier molecular flexibility index (Phi) is 6.41. The first-order valence-electron chi connectivity index (χ1n) is 7.01. The first kappa shape index (κ1) is 21.2. The molecule has 1 aromatic rings. The second kappa shape index (κ2) is 7.57. The van der Waals surface area contributed by atoms with Crippen molar-refractivity contribution in [2.75, 3.05) is 6.61 Å². The van der Waals surface area contributed by atoms with Gasteiger partial charge in [-0.05, 0) is 12.0 Å². The lowest BCUT2D eigenvalue weighted by Crippen LogP contribution is -2.59. The van der Waals surface area contributed by atoms with Crippen LogP contribution in [0.1, 0.15) is 24.8 Å². The number of benzene rings is 1. The minimum absolute atomic E-state index is 0.0536. The molecular formula is C15H14F8O2. The Bertz CT molecular complexity index is 574. The van der Waals surface area contributed by atoms with E-state index in [0.717, 1.165) is 0 Å². The summed E-state index contributed by atoms with van der Waals surface area (Å²) in [5.74, 6) is -20.8. The monoisotopic (exact) mass is 378 g/mol. The molecule has 0 spiro atoms. The van der Waals surface area contributed by atoms with E-state index in [1.807, 2.05) is 0 Å². The summed E-state index contributed by atoms with van der Waals surface area (Å²) in [6.45, 7) is -0.971. The van der Waals surface area contributed by atoms with Gasteiger partial charge >= 0.3 is 30.2 Å². The van der Waals surface area contributed by atoms with E-state index in [0.29, 0.717) is 5.56 Å². The van der Waals surface area contributed by atoms with Crippen molar-refractivity contribution in [1.29, 1.82) is 0 Å². The molecule has 0 aliphatic heterocycles. The van der Waals surface area contributed by atoms with Crippen LogP contribution in [0.2, 0.25) is 0 Å². The van der Waals surface area contributed by atoms with Gasteiger partial charge in [-0.25, -0.2) is 8.78 Å². The molecule has 0 saturated carbocycles. The van der Waals surface area contributed by atoms with Gasteiger partial charge in [0, 0.05) is 0 Å². The van der Waals surface area contributed by atoms with Crippen LogP contribution in [0.25, 0.3) is 0 Å². The van der Waals surface area contributed by atoms with Crippen LogP contribution in [0.4, 0.5) is 35.1 Å². The lowest BCUT2D eigenvalue weighted by molar-refractivity contribution is -0.344. The van der Waals surface area contributed by atoms with Crippen molar-refractivity contribution in [2.24, 2.45) is 0 Å². The minimum atomic E-state index is -6.40. The molecule has 0 saturated heterocycles. The third kappa shape index (κ3) is 4.21. The van der Waals surface area contributed by atoms with E-state index in [2.05, 4.69) is 4.74 Å². The molecule has 0 amide bonds. The Hall–Kier alpha value is -1.87. The Morgan fingerprint density at radius 3 is 2.00 bits per heavy atom. The number of carbonyl (C=O) groups excluding carboxylic acids is 1. The van der Waals surface area contributed by atoms with Gasteiger partial charge in [-0.15, -0.1) is 0 Å². The van der Waals surface area contributed by atoms with E-state index in [9.17, 15) is 39.9 Å². The highest BCUT2D eigenvalue weighted by Gasteiger charge is 2.75. The summed E-state index contributed by atoms with van der Waals surface area (Å²) in [5.41, 5.74) is 0.336. The second-order valence-corrected chi connectivity index (χ2v) is 5.18. The van der Waals surface area contributed by atoms with Crippen molar-refractivity contribution in [3.8, 4) is 0 Å². The van der Waals surface area contributed by atoms with Crippen LogP contribution in [0.3, 0.4) is 0 Å². The topological polar surface area (TPSA) is 26.3 Å². The molecule has 142 valence electrons. The summed E-state index contributed by atoms with van der Waals surface area (Å²) in [7, 11) is 0. The molecule has 1 unspecified atom stereocenters. The highest BCUT2D eigenvalue weighted by atomic mass is 19.4. The van der Waals surface area contributed by atoms with Crippen molar-refractivity contribution >= 4 is 5.97 Å². The van der Waals surface area contributed by atoms with Crippen molar-refractivity contribution in [2.45, 2.75) is 43.5 Å². The predicted octanol–water partition coefficient (Wildman–Crippen LogP) is 4.89. The van der Waals surface area contributed by atoms with Gasteiger partial charge < -0.3 is 4.74 Å². The fraction of sp³-hybridized carbons (Fsp3) is 0.533. The lowest BCUT2D eigenvalue weighted by Gasteiger charge is -2.32. The van der Waals surface area contributed by atoms with Gasteiger partial charge in [-0.3, -0.25) is 4.79 Å². The van der Waals surface area contributed by atoms with Crippen LogP contribution in [0.5, 0.6) is 0 Å². The predicted molar refractivity (Wildman–Crippen MR) is 71.3 cm³/mol. The Labute approximate surface area is 137 Å². The molecule has 0 heterocycles. The maximum atomic E-state index is 13.3. The molecule has 0 fully saturated rings. The largest absolute Gasteiger partial charge is 0.459 e. The van der Waals surface area contributed by atoms with Crippen LogP contribution in [0, 0.1) is 0 Å². The number of hydrogen-bond donors (Lipinski definition) is 0. The Morgan fingerprint density at radius 1 is 1.04 bits per heavy atom. The second-order valence-electron chi connectivity index (χ2n) is 5.18. The van der Waals surface area contributed by atoms with Gasteiger partial charge in [-0.2, -0.15) is 26.3 Å². The van der Waals surface area contributed by atoms with Crippen LogP contribution in [-0.4, -0.2) is 36.8 Å². The molecule has 10 heteroatoms. The summed E-state index contributed by atoms with van der Waals surface area (Å²) >= 11 is 0. The van der Waals surface area contributed by atoms with E-state index >= 15 is 0 Å². The Balaban J connectivity index is 2.89. The molecule has 0 aliphatic carbocycles. The molecule has 1 rings (SSSR count). The first-order chi connectivity index (χ1) is 11.4. The number of carbonyl (C=O) groups is 1. The fourth-order valence-electron chi connectivity index (χ4n) is 1.96. The van der Waals surface area contributed by atoms with E-state index in [-0.39, 0.29) is 6.42 Å². The molecule has 0 aromatic heterocycles. The van der Waals surface area contributed by atoms with Crippen molar-refractivity contribution in [1.82, 2.24) is 0 Å². The fourth-order valence-corrected chi connectivity index (χ4v) is 1.96. The number of rotatable bonds is 8. The number of ether oxygens (including phenoxy) is 1. The zero-order valence-corrected chi connectivity index (χ0v) is 12.8. The quantitative estimate of drug-likeness (QED) is 0.475. The van der Waals surface area contributed by atoms with Crippen molar-refractivity contribution < 1.29 is 44.7 Å². The average molecular weight is 378 g/mol. The number of alkyl halides is 8. The van der Waals surface area contributed by atoms with Crippen LogP contribution in [-0.2, 0) is 9.53 Å². The third-order valence-corrected chi connectivity index (χ3v) is 3.44. The van der Waals surface area contributed by atoms with Crippen LogP contribution >= 0.6 is 0 Å². The van der Waals surface area contributed by atoms with Crippen molar-refractivity contribution in [3.63, 3.8) is 0 Å². The van der Waals surface area contributed by atoms with Gasteiger partial charge in [0.15, 0.2) is 6.61 Å². The molecular weight excluding hydrogens is 364 g/mol. The number of hydrogen-bond acceptors (Lipinski definition) is 2. The smallest absolute Gasteiger partial charge is 0.381 e. The summed E-state index contributed by atoms with van der Waals surface area (Å²) in [6.07, 6.45) is -4.96. The summed E-state index contributed by atoms with van der Waals surface area (Å²) in [6, 6.07) is 7.55. The van der Waals surface area contributed by atoms with Gasteiger partial charge in [0.2, 0.25) is 0 Å². The highest BCUT2D eigenvalue weighted by molar-refractivity contribution is 5.78. The lowest BCUT2D eigenvalue weighted by atomic mass is 9.97. The molecule has 1 aromatic carbocycles. The average Bonchev–Trinajstić information content (AvgIpc) is 2.54. The minimum Gasteiger partial charge on any atom is -0.459 e. The van der Waals surface area contributed by atoms with Gasteiger partial charge in [0.1, 0.15) is 0 Å². The maximum absolute atomic E-state index is 13.3. The molecule has 2 nitrogen and oxygen atoms in total. The third-order valence-electron chi connectivity index (χ3n) is 3.44. The van der Waals surface area contributed by atoms with E-state index in [4.69, 9.17) is 0 Å². The summed E-state index contributed by atoms with van der Waals surface area (Å²) < 4.78 is 106. The van der Waals surface area contributed by atoms with E-state index in [1.54, 1.807) is 6.07 Å². The number of halogens is 8. The van der Waals surface area contributed by atoms with Crippen LogP contribution < -0.4 is 0 Å². The molecule has 0 aliphatic rings. The molecule has 1 atom stereocenters. The van der Waals surface area contributed by atoms with Gasteiger partial charge in [0.25, 0.3) is 0 Å². The normalized spacial score (nSPS) is 14.5. The molecule has 0 radical (unpaired) electrons. The SMILES string of the molecule is CCC(C(=O)OCC(F)(F)C(F)(F)C(F)(F)C(F)F)c1ccccc1. The summed E-state index contributed by atoms with van der Waals surface area (Å²) in [5, 5.41) is 0. The van der Waals surface area contributed by atoms with E-state index in [1.165, 1.54) is 31.2 Å². The zero-order valence-electron chi connectivity index (χ0n) is 12.8. The number of esters is 1. The highest BCUT2D eigenvalue weighted by Crippen LogP contribution is 2.48.